The van der Waals surface area contributed by atoms with E-state index in [9.17, 15) is 0 Å². The third-order valence-corrected chi connectivity index (χ3v) is 4.74. The normalized spacial score (nSPS) is 24.0. The molecule has 0 fully saturated rings. The number of rotatable bonds is 3. The van der Waals surface area contributed by atoms with E-state index in [2.05, 4.69) is 44.7 Å². The largest absolute Gasteiger partial charge is 0.370 e. The first-order valence-corrected chi connectivity index (χ1v) is 7.97. The lowest BCUT2D eigenvalue weighted by Gasteiger charge is -2.30. The number of anilines is 1. The van der Waals surface area contributed by atoms with Crippen LogP contribution in [0.1, 0.15) is 30.0 Å². The van der Waals surface area contributed by atoms with E-state index in [0.29, 0.717) is 12.0 Å². The summed E-state index contributed by atoms with van der Waals surface area (Å²) < 4.78 is 2.07. The summed E-state index contributed by atoms with van der Waals surface area (Å²) in [6, 6.07) is 11.5. The van der Waals surface area contributed by atoms with Gasteiger partial charge < -0.3 is 10.6 Å². The average Bonchev–Trinajstić information content (AvgIpc) is 3.00. The lowest BCUT2D eigenvalue weighted by atomic mass is 9.87. The number of nitrogens with zero attached hydrogens (tertiary/aromatic N) is 2. The molecular formula is C17H22N4. The molecule has 2 N–H and O–H groups in total. The molecule has 0 unspecified atom stereocenters. The Balaban J connectivity index is 1.40. The van der Waals surface area contributed by atoms with E-state index >= 15 is 0 Å². The fraction of sp³-hybridized carbons (Fsp3) is 0.471. The summed E-state index contributed by atoms with van der Waals surface area (Å²) >= 11 is 0. The second-order valence-electron chi connectivity index (χ2n) is 6.20. The highest BCUT2D eigenvalue weighted by Gasteiger charge is 2.22. The van der Waals surface area contributed by atoms with Crippen molar-refractivity contribution in [3.8, 4) is 0 Å². The predicted octanol–water partition coefficient (Wildman–Crippen LogP) is 2.59. The van der Waals surface area contributed by atoms with Crippen molar-refractivity contribution in [3.63, 3.8) is 0 Å². The molecule has 0 saturated carbocycles. The molecule has 4 heteroatoms. The van der Waals surface area contributed by atoms with Gasteiger partial charge in [0.25, 0.3) is 0 Å². The van der Waals surface area contributed by atoms with E-state index in [-0.39, 0.29) is 0 Å². The van der Waals surface area contributed by atoms with E-state index in [1.165, 1.54) is 30.4 Å². The van der Waals surface area contributed by atoms with Crippen LogP contribution in [0.4, 0.5) is 5.82 Å². The van der Waals surface area contributed by atoms with Crippen molar-refractivity contribution in [3.05, 3.63) is 47.7 Å². The molecule has 0 radical (unpaired) electrons. The van der Waals surface area contributed by atoms with Crippen molar-refractivity contribution < 1.29 is 0 Å². The van der Waals surface area contributed by atoms with Crippen molar-refractivity contribution in [1.29, 1.82) is 0 Å². The van der Waals surface area contributed by atoms with Crippen LogP contribution in [0, 0.1) is 5.92 Å². The lowest BCUT2D eigenvalue weighted by molar-refractivity contribution is 0.356. The van der Waals surface area contributed by atoms with Gasteiger partial charge in [-0.1, -0.05) is 24.3 Å². The molecule has 1 aliphatic heterocycles. The maximum Gasteiger partial charge on any atom is 0.124 e. The second-order valence-corrected chi connectivity index (χ2v) is 6.20. The van der Waals surface area contributed by atoms with Gasteiger partial charge in [-0.2, -0.15) is 5.10 Å². The minimum Gasteiger partial charge on any atom is -0.370 e. The van der Waals surface area contributed by atoms with Crippen molar-refractivity contribution >= 4 is 5.82 Å². The Morgan fingerprint density at radius 3 is 3.24 bits per heavy atom. The van der Waals surface area contributed by atoms with E-state index < -0.39 is 0 Å². The van der Waals surface area contributed by atoms with Gasteiger partial charge in [-0.15, -0.1) is 0 Å². The monoisotopic (exact) mass is 282 g/mol. The van der Waals surface area contributed by atoms with Gasteiger partial charge in [-0.05, 0) is 30.4 Å². The van der Waals surface area contributed by atoms with Crippen molar-refractivity contribution in [1.82, 2.24) is 15.1 Å². The average molecular weight is 282 g/mol. The molecule has 21 heavy (non-hydrogen) atoms. The Hall–Kier alpha value is -1.81. The van der Waals surface area contributed by atoms with Crippen LogP contribution in [-0.2, 0) is 13.0 Å². The molecule has 110 valence electrons. The molecule has 2 aliphatic rings. The van der Waals surface area contributed by atoms with Crippen LogP contribution >= 0.6 is 0 Å². The number of aryl methyl sites for hydroxylation is 1. The zero-order valence-electron chi connectivity index (χ0n) is 12.3. The van der Waals surface area contributed by atoms with Crippen molar-refractivity contribution in [2.75, 3.05) is 18.4 Å². The summed E-state index contributed by atoms with van der Waals surface area (Å²) in [5, 5.41) is 11.6. The van der Waals surface area contributed by atoms with Crippen LogP contribution in [-0.4, -0.2) is 22.9 Å². The van der Waals surface area contributed by atoms with Crippen molar-refractivity contribution in [2.24, 2.45) is 5.92 Å². The second kappa shape index (κ2) is 5.53. The molecule has 2 atom stereocenters. The van der Waals surface area contributed by atoms with Crippen LogP contribution in [0.2, 0.25) is 0 Å². The summed E-state index contributed by atoms with van der Waals surface area (Å²) in [4.78, 5) is 0. The molecule has 2 heterocycles. The zero-order chi connectivity index (χ0) is 14.1. The highest BCUT2D eigenvalue weighted by Crippen LogP contribution is 2.29. The number of fused-ring (bicyclic) bond motifs is 2. The third-order valence-electron chi connectivity index (χ3n) is 4.74. The first-order valence-electron chi connectivity index (χ1n) is 7.97. The van der Waals surface area contributed by atoms with Crippen LogP contribution in [0.5, 0.6) is 0 Å². The van der Waals surface area contributed by atoms with Crippen LogP contribution < -0.4 is 10.6 Å². The van der Waals surface area contributed by atoms with Crippen LogP contribution in [0.15, 0.2) is 36.5 Å². The van der Waals surface area contributed by atoms with Gasteiger partial charge >= 0.3 is 0 Å². The molecule has 0 bridgehead atoms. The Bertz CT molecular complexity index is 619. The summed E-state index contributed by atoms with van der Waals surface area (Å²) in [5.41, 5.74) is 3.03. The Labute approximate surface area is 125 Å². The summed E-state index contributed by atoms with van der Waals surface area (Å²) in [6.45, 7) is 3.09. The molecule has 0 amide bonds. The Morgan fingerprint density at radius 1 is 1.29 bits per heavy atom. The van der Waals surface area contributed by atoms with Gasteiger partial charge in [-0.25, -0.2) is 4.68 Å². The Kier molecular flexibility index (Phi) is 3.39. The number of hydrogen-bond acceptors (Lipinski definition) is 3. The topological polar surface area (TPSA) is 41.9 Å². The maximum absolute atomic E-state index is 4.36. The lowest BCUT2D eigenvalue weighted by Crippen LogP contribution is -2.37. The van der Waals surface area contributed by atoms with E-state index in [4.69, 9.17) is 0 Å². The molecule has 0 saturated heterocycles. The smallest absolute Gasteiger partial charge is 0.124 e. The van der Waals surface area contributed by atoms with Crippen LogP contribution in [0.25, 0.3) is 0 Å². The van der Waals surface area contributed by atoms with Gasteiger partial charge in [0.05, 0.1) is 6.20 Å². The summed E-state index contributed by atoms with van der Waals surface area (Å²) in [7, 11) is 0. The number of hydrogen-bond donors (Lipinski definition) is 2. The van der Waals surface area contributed by atoms with Gasteiger partial charge in [0, 0.05) is 37.7 Å². The minimum absolute atomic E-state index is 0.522. The van der Waals surface area contributed by atoms with Gasteiger partial charge in [0.1, 0.15) is 5.82 Å². The minimum atomic E-state index is 0.522. The van der Waals surface area contributed by atoms with E-state index in [0.717, 1.165) is 25.5 Å². The van der Waals surface area contributed by atoms with Gasteiger partial charge in [0.2, 0.25) is 0 Å². The standard InChI is InChI=1S/C17H22N4/c1-2-6-15-14(4-1)5-3-7-16(15)18-10-13-11-19-17-8-9-20-21(17)12-13/h1-2,4,6,8-9,13,16,18-19H,3,5,7,10-12H2/t13-,16-/m1/s1. The first-order chi connectivity index (χ1) is 10.4. The highest BCUT2D eigenvalue weighted by atomic mass is 15.3. The van der Waals surface area contributed by atoms with Crippen molar-refractivity contribution in [2.45, 2.75) is 31.8 Å². The summed E-state index contributed by atoms with van der Waals surface area (Å²) in [5.74, 6) is 1.75. The first kappa shape index (κ1) is 12.9. The molecule has 1 aliphatic carbocycles. The number of benzene rings is 1. The van der Waals surface area contributed by atoms with Crippen LogP contribution in [0.3, 0.4) is 0 Å². The molecule has 4 rings (SSSR count). The Morgan fingerprint density at radius 2 is 2.24 bits per heavy atom. The van der Waals surface area contributed by atoms with E-state index in [1.807, 2.05) is 12.3 Å². The van der Waals surface area contributed by atoms with E-state index in [1.54, 1.807) is 0 Å². The molecule has 1 aromatic heterocycles. The SMILES string of the molecule is c1ccc2c(c1)CCC[C@H]2NC[C@@H]1CNc2ccnn2C1. The fourth-order valence-corrected chi connectivity index (χ4v) is 3.60. The highest BCUT2D eigenvalue weighted by molar-refractivity contribution is 5.35. The molecule has 2 aromatic rings. The van der Waals surface area contributed by atoms with Gasteiger partial charge in [0.15, 0.2) is 0 Å². The molecule has 4 nitrogen and oxygen atoms in total. The summed E-state index contributed by atoms with van der Waals surface area (Å²) in [6.07, 6.45) is 5.65. The van der Waals surface area contributed by atoms with Gasteiger partial charge in [-0.3, -0.25) is 0 Å². The molecular weight excluding hydrogens is 260 g/mol. The predicted molar refractivity (Wildman–Crippen MR) is 84.3 cm³/mol. The number of nitrogens with one attached hydrogen (secondary N) is 2. The molecule has 0 spiro atoms. The zero-order valence-corrected chi connectivity index (χ0v) is 12.3. The fourth-order valence-electron chi connectivity index (χ4n) is 3.60. The third kappa shape index (κ3) is 2.56. The maximum atomic E-state index is 4.36. The number of aromatic nitrogens is 2. The quantitative estimate of drug-likeness (QED) is 0.909. The molecule has 1 aromatic carbocycles.